The SMILES string of the molecule is CC(C)(C)OC(=O)OC(=O)OC(C)(C)C.CC(C)(C)OC(=O)c1ccc2nc(CC(=O)NN)sc2c1.CC(C)(C)OC(=O)c1ccc2nc(Cc3nnc(CC4SC(=O)NC4=O)o3)sc2c1.CC(C)(C)OC(=O)c1ccc2nc(Cl)sc2c1.CCOC(=O)Cc1nc2ccc(C(=O)OC(C)(C)C)cc2s1.CS(=O)(=O)Cl.NN.O=C(O)CC1SC(=O)NC1=O.O=C(O)c1ccc2nc(Cl)sc2c1. The van der Waals surface area contributed by atoms with E-state index in [0.29, 0.717) is 66.0 Å². The molecule has 11 aromatic rings. The molecular weight excluding hydrogens is 2000 g/mol. The van der Waals surface area contributed by atoms with Crippen molar-refractivity contribution in [2.75, 3.05) is 12.9 Å². The van der Waals surface area contributed by atoms with Crippen molar-refractivity contribution >= 4 is 257 Å². The molecular formula is C85H100Cl3N13O27S8. The molecule has 8 heterocycles. The fourth-order valence-corrected chi connectivity index (χ4v) is 16.8. The summed E-state index contributed by atoms with van der Waals surface area (Å²) in [6, 6.07) is 25.5. The standard InChI is InChI=1S/C19H18N4O5S2.C16H19NO4S.C14H17N3O3S.C12H12ClNO2S.C10H18O5.C8H4ClNO2S.C5H5NO4S.CH3ClO2S.H4N2/c1-19(2,3)28-17(25)9-4-5-10-11(6-9)29-15(20-10)8-14-23-22-13(27-14)7-12-16(24)21-18(26)30-12;1-5-20-14(18)9-13-17-11-7-6-10(8-12(11)22-13)15(19)21-16(2,3)4;1-14(2,3)20-13(19)8-4-5-9-10(6-8)21-12(16-9)7-11(18)17-15;1-12(2,3)16-10(15)7-4-5-8-9(6-7)17-11(13)14-8;1-9(2,3)14-7(11)13-8(12)15-10(4,5)6;9-8-10-5-2-1-4(7(11)12)3-6(5)13-8;7-3(8)1-2-4(9)6-5(10)11-2;1-5(2,3)4;1-2/h4-6,12H,7-8H2,1-3H3,(H,21,24,26);6-8H,5,9H2,1-4H3;4-6H,7,15H2,1-3H3,(H,17,18);4-6H,1-3H3;1-6H3;1-3H,(H,11,12);2H,1H2,(H,7,8)(H,6,9,10);1H3;1-2H2. The molecule has 736 valence electrons. The number of nitrogens with zero attached hydrogens (tertiary/aromatic N) is 7. The van der Waals surface area contributed by atoms with Crippen molar-refractivity contribution in [1.29, 1.82) is 0 Å². The number of nitrogens with one attached hydrogen (secondary N) is 3. The first-order valence-corrected chi connectivity index (χ1v) is 49.2. The number of nitrogens with two attached hydrogens (primary N) is 3. The van der Waals surface area contributed by atoms with E-state index in [2.05, 4.69) is 73.0 Å². The van der Waals surface area contributed by atoms with Crippen LogP contribution in [0.1, 0.15) is 217 Å². The topological polar surface area (TPSA) is 605 Å². The second-order valence-corrected chi connectivity index (χ2v) is 45.7. The van der Waals surface area contributed by atoms with Gasteiger partial charge in [-0.1, -0.05) is 46.7 Å². The van der Waals surface area contributed by atoms with Crippen LogP contribution in [0.3, 0.4) is 0 Å². The molecule has 13 rings (SSSR count). The Labute approximate surface area is 822 Å². The van der Waals surface area contributed by atoms with Crippen LogP contribution >= 0.6 is 114 Å². The second kappa shape index (κ2) is 50.8. The minimum Gasteiger partial charge on any atom is -0.481 e. The van der Waals surface area contributed by atoms with Gasteiger partial charge in [-0.2, -0.15) is 0 Å². The number of rotatable bonds is 16. The van der Waals surface area contributed by atoms with E-state index in [-0.39, 0.29) is 78.1 Å². The van der Waals surface area contributed by atoms with Gasteiger partial charge in [0.15, 0.2) is 8.93 Å². The van der Waals surface area contributed by atoms with E-state index >= 15 is 0 Å². The van der Waals surface area contributed by atoms with Gasteiger partial charge in [-0.3, -0.25) is 61.3 Å². The number of esters is 5. The lowest BCUT2D eigenvalue weighted by Crippen LogP contribution is -2.31. The predicted molar refractivity (Wildman–Crippen MR) is 518 cm³/mol. The molecule has 2 fully saturated rings. The number of fused-ring (bicyclic) bond motifs is 5. The number of aromatic carboxylic acids is 1. The van der Waals surface area contributed by atoms with E-state index in [1.165, 1.54) is 62.8 Å². The third-order valence-electron chi connectivity index (χ3n) is 14.9. The maximum atomic E-state index is 12.3. The molecule has 2 aliphatic heterocycles. The zero-order valence-corrected chi connectivity index (χ0v) is 85.7. The van der Waals surface area contributed by atoms with Crippen LogP contribution < -0.4 is 33.6 Å². The van der Waals surface area contributed by atoms with Crippen LogP contribution in [0, 0.1) is 0 Å². The molecule has 2 atom stereocenters. The van der Waals surface area contributed by atoms with Gasteiger partial charge in [-0.25, -0.2) is 72.7 Å². The van der Waals surface area contributed by atoms with Gasteiger partial charge in [0.2, 0.25) is 38.6 Å². The van der Waals surface area contributed by atoms with Crippen LogP contribution in [0.5, 0.6) is 0 Å². The Morgan fingerprint density at radius 2 is 0.772 bits per heavy atom. The zero-order valence-electron chi connectivity index (χ0n) is 76.9. The number of hydrogen-bond donors (Lipinski definition) is 8. The summed E-state index contributed by atoms with van der Waals surface area (Å²) in [5.74, 6) is 8.78. The number of carbonyl (C=O) groups is 14. The van der Waals surface area contributed by atoms with Gasteiger partial charge < -0.3 is 52.5 Å². The van der Waals surface area contributed by atoms with Gasteiger partial charge in [0.25, 0.3) is 10.5 Å². The highest BCUT2D eigenvalue weighted by atomic mass is 35.7. The highest BCUT2D eigenvalue weighted by molar-refractivity contribution is 8.15. The average molecular weight is 2100 g/mol. The van der Waals surface area contributed by atoms with Gasteiger partial charge in [-0.15, -0.1) is 66.9 Å². The van der Waals surface area contributed by atoms with Gasteiger partial charge >= 0.3 is 54.1 Å². The molecule has 2 aliphatic rings. The molecule has 51 heteroatoms. The molecule has 2 unspecified atom stereocenters. The lowest BCUT2D eigenvalue weighted by atomic mass is 10.1. The number of carboxylic acids is 2. The summed E-state index contributed by atoms with van der Waals surface area (Å²) in [6.45, 7) is 34.1. The number of thioether (sulfide) groups is 2. The molecule has 5 amide bonds. The number of hydrazine groups is 2. The Balaban J connectivity index is 0.000000283. The van der Waals surface area contributed by atoms with Gasteiger partial charge in [0.1, 0.15) is 59.1 Å². The summed E-state index contributed by atoms with van der Waals surface area (Å²) >= 11 is 19.9. The molecule has 40 nitrogen and oxygen atoms in total. The smallest absolute Gasteiger partial charge is 0.481 e. The number of hydrogen-bond acceptors (Lipinski definition) is 42. The van der Waals surface area contributed by atoms with Gasteiger partial charge in [-0.05, 0) is 223 Å². The first kappa shape index (κ1) is 115. The maximum absolute atomic E-state index is 12.3. The predicted octanol–water partition coefficient (Wildman–Crippen LogP) is 16.5. The quantitative estimate of drug-likeness (QED) is 0.00847. The Morgan fingerprint density at radius 3 is 1.10 bits per heavy atom. The highest BCUT2D eigenvalue weighted by Gasteiger charge is 2.35. The van der Waals surface area contributed by atoms with E-state index in [0.717, 1.165) is 85.9 Å². The molecule has 0 aliphatic carbocycles. The van der Waals surface area contributed by atoms with Crippen LogP contribution in [0.25, 0.3) is 51.1 Å². The van der Waals surface area contributed by atoms with Crippen LogP contribution in [0.15, 0.2) is 95.4 Å². The number of ether oxygens (including phenoxy) is 8. The Bertz CT molecular complexity index is 6260. The first-order chi connectivity index (χ1) is 62.8. The molecule has 136 heavy (non-hydrogen) atoms. The number of imide groups is 2. The molecule has 0 radical (unpaired) electrons. The Kier molecular flexibility index (Phi) is 43.1. The van der Waals surface area contributed by atoms with Crippen molar-refractivity contribution in [2.24, 2.45) is 17.5 Å². The third-order valence-corrected chi connectivity index (χ3v) is 22.2. The van der Waals surface area contributed by atoms with Crippen LogP contribution in [-0.2, 0) is 96.6 Å². The summed E-state index contributed by atoms with van der Waals surface area (Å²) in [6.07, 6.45) is -0.706. The number of carboxylic acid groups (broad SMARTS) is 2. The molecule has 2 saturated heterocycles. The van der Waals surface area contributed by atoms with Crippen molar-refractivity contribution < 1.29 is 128 Å². The fraction of sp³-hybridized carbons (Fsp3) is 0.400. The Morgan fingerprint density at radius 1 is 0.463 bits per heavy atom. The number of amides is 5. The molecule has 0 spiro atoms. The molecule has 5 aromatic carbocycles. The zero-order chi connectivity index (χ0) is 103. The number of aromatic nitrogens is 7. The monoisotopic (exact) mass is 2100 g/mol. The van der Waals surface area contributed by atoms with Gasteiger partial charge in [0.05, 0.1) is 117 Å². The number of thiazole rings is 5. The van der Waals surface area contributed by atoms with Crippen molar-refractivity contribution in [2.45, 2.75) is 208 Å². The van der Waals surface area contributed by atoms with E-state index in [1.54, 1.807) is 133 Å². The minimum absolute atomic E-state index is 0.123. The molecule has 0 bridgehead atoms. The summed E-state index contributed by atoms with van der Waals surface area (Å²) in [4.78, 5) is 179. The largest absolute Gasteiger partial charge is 0.519 e. The normalized spacial score (nSPS) is 13.5. The summed E-state index contributed by atoms with van der Waals surface area (Å²) in [5, 5.41) is 29.1. The van der Waals surface area contributed by atoms with Gasteiger partial charge in [0, 0.05) is 17.1 Å². The number of halogens is 3. The van der Waals surface area contributed by atoms with Crippen LogP contribution in [0.4, 0.5) is 19.2 Å². The molecule has 6 aromatic heterocycles. The van der Waals surface area contributed by atoms with Crippen molar-refractivity contribution in [1.82, 2.24) is 51.2 Å². The fourth-order valence-electron chi connectivity index (χ4n) is 10.0. The van der Waals surface area contributed by atoms with E-state index < -0.39 is 88.6 Å². The Hall–Kier alpha value is -11.1. The van der Waals surface area contributed by atoms with Crippen LogP contribution in [0.2, 0.25) is 8.93 Å². The van der Waals surface area contributed by atoms with E-state index in [1.807, 2.05) is 88.4 Å². The molecule has 0 saturated carbocycles. The minimum atomic E-state index is -3.19. The summed E-state index contributed by atoms with van der Waals surface area (Å²) in [5.41, 5.74) is 4.55. The highest BCUT2D eigenvalue weighted by Crippen LogP contribution is 2.33. The summed E-state index contributed by atoms with van der Waals surface area (Å²) < 4.78 is 69.6. The average Bonchev–Trinajstić information content (AvgIpc) is 1.91. The first-order valence-electron chi connectivity index (χ1n) is 39.9. The van der Waals surface area contributed by atoms with Crippen molar-refractivity contribution in [3.8, 4) is 0 Å². The van der Waals surface area contributed by atoms with E-state index in [4.69, 9.17) is 76.8 Å². The summed E-state index contributed by atoms with van der Waals surface area (Å²) in [7, 11) is 1.31. The molecule has 11 N–H and O–H groups in total. The number of carbonyl (C=O) groups excluding carboxylic acids is 12. The lowest BCUT2D eigenvalue weighted by molar-refractivity contribution is -0.142. The maximum Gasteiger partial charge on any atom is 0.519 e. The second-order valence-electron chi connectivity index (χ2n) is 33.8. The number of benzene rings is 5. The lowest BCUT2D eigenvalue weighted by Gasteiger charge is -2.20. The van der Waals surface area contributed by atoms with Crippen molar-refractivity contribution in [3.63, 3.8) is 0 Å². The number of aliphatic carboxylic acids is 1. The van der Waals surface area contributed by atoms with E-state index in [9.17, 15) is 75.5 Å². The van der Waals surface area contributed by atoms with Crippen LogP contribution in [-0.4, -0.2) is 193 Å². The van der Waals surface area contributed by atoms with Crippen molar-refractivity contribution in [3.05, 3.63) is 155 Å². The third kappa shape index (κ3) is 43.1.